The average molecular weight is 1280 g/mol. The van der Waals surface area contributed by atoms with Gasteiger partial charge in [-0.15, -0.1) is 0 Å². The monoisotopic (exact) mass is 1280 g/mol. The summed E-state index contributed by atoms with van der Waals surface area (Å²) in [6, 6.07) is 120. The first-order valence-corrected chi connectivity index (χ1v) is 34.6. The van der Waals surface area contributed by atoms with E-state index in [2.05, 4.69) is 359 Å². The minimum Gasteiger partial charge on any atom is -0.298 e. The molecule has 0 aliphatic carbocycles. The van der Waals surface area contributed by atoms with E-state index in [-0.39, 0.29) is 0 Å². The highest BCUT2D eigenvalue weighted by atomic mass is 15.2. The molecule has 0 amide bonds. The summed E-state index contributed by atoms with van der Waals surface area (Å²) in [4.78, 5) is 31.9. The van der Waals surface area contributed by atoms with Crippen molar-refractivity contribution in [3.8, 4) is 0 Å². The van der Waals surface area contributed by atoms with Crippen molar-refractivity contribution in [2.45, 2.75) is 39.0 Å². The van der Waals surface area contributed by atoms with E-state index in [0.717, 1.165) is 181 Å². The SMILES string of the molecule is c1ccc(C(=Nc2ccc(CN3CCCN(Cc4ccc(N=C(c5ccccc5)c5ccccc5)cc4)CCN(Cc4ccc(N=C(c5ccccc5)c5ccccc5)cc4)CCCN(Cc4ccc(N=C(c5ccccc5)c5ccccc5)cc4)CC3)cc2)c2ccccc2)cc1. The summed E-state index contributed by atoms with van der Waals surface area (Å²) >= 11 is 0. The summed E-state index contributed by atoms with van der Waals surface area (Å²) in [6.07, 6.45) is 2.04. The maximum absolute atomic E-state index is 5.28. The van der Waals surface area contributed by atoms with Crippen LogP contribution >= 0.6 is 0 Å². The van der Waals surface area contributed by atoms with Gasteiger partial charge in [0.15, 0.2) is 0 Å². The van der Waals surface area contributed by atoms with Gasteiger partial charge in [-0.3, -0.25) is 19.6 Å². The molecule has 1 heterocycles. The summed E-state index contributed by atoms with van der Waals surface area (Å²) in [5.41, 5.74) is 21.5. The van der Waals surface area contributed by atoms with E-state index in [1.165, 1.54) is 22.3 Å². The molecule has 0 saturated carbocycles. The van der Waals surface area contributed by atoms with Gasteiger partial charge >= 0.3 is 0 Å². The van der Waals surface area contributed by atoms with Crippen molar-refractivity contribution in [1.29, 1.82) is 0 Å². The largest absolute Gasteiger partial charge is 0.298 e. The molecule has 8 nitrogen and oxygen atoms in total. The second-order valence-corrected chi connectivity index (χ2v) is 25.2. The molecule has 1 aliphatic heterocycles. The smallest absolute Gasteiger partial charge is 0.0781 e. The summed E-state index contributed by atoms with van der Waals surface area (Å²) in [7, 11) is 0. The number of hydrogen-bond acceptors (Lipinski definition) is 8. The van der Waals surface area contributed by atoms with Crippen molar-refractivity contribution in [3.05, 3.63) is 406 Å². The van der Waals surface area contributed by atoms with E-state index in [4.69, 9.17) is 20.0 Å². The predicted molar refractivity (Wildman–Crippen MR) is 409 cm³/mol. The highest BCUT2D eigenvalue weighted by Gasteiger charge is 2.19. The normalized spacial score (nSPS) is 13.7. The van der Waals surface area contributed by atoms with E-state index in [1.54, 1.807) is 0 Å². The fourth-order valence-corrected chi connectivity index (χ4v) is 12.9. The number of nitrogens with zero attached hydrogens (tertiary/aromatic N) is 8. The maximum Gasteiger partial charge on any atom is 0.0781 e. The van der Waals surface area contributed by atoms with Crippen LogP contribution in [0.15, 0.2) is 360 Å². The Hall–Kier alpha value is -10.8. The van der Waals surface area contributed by atoms with Crippen LogP contribution in [-0.4, -0.2) is 94.8 Å². The molecule has 12 aromatic carbocycles. The quantitative estimate of drug-likeness (QED) is 0.0714. The molecule has 0 N–H and O–H groups in total. The van der Waals surface area contributed by atoms with Crippen LogP contribution in [0.25, 0.3) is 0 Å². The zero-order valence-corrected chi connectivity index (χ0v) is 55.8. The molecule has 1 aliphatic rings. The fourth-order valence-electron chi connectivity index (χ4n) is 12.9. The van der Waals surface area contributed by atoms with Gasteiger partial charge in [0.2, 0.25) is 0 Å². The maximum atomic E-state index is 5.28. The molecule has 0 atom stereocenters. The summed E-state index contributed by atoms with van der Waals surface area (Å²) in [6.45, 7) is 10.9. The van der Waals surface area contributed by atoms with Crippen LogP contribution in [0.2, 0.25) is 0 Å². The molecule has 484 valence electrons. The topological polar surface area (TPSA) is 62.4 Å². The van der Waals surface area contributed by atoms with Gasteiger partial charge in [0.25, 0.3) is 0 Å². The Morgan fingerprint density at radius 2 is 0.337 bits per heavy atom. The van der Waals surface area contributed by atoms with Crippen LogP contribution in [0.1, 0.15) is 79.6 Å². The highest BCUT2D eigenvalue weighted by Crippen LogP contribution is 2.26. The first kappa shape index (κ1) is 65.8. The third-order valence-electron chi connectivity index (χ3n) is 18.1. The minimum atomic E-state index is 0.841. The fraction of sp³-hybridized carbons (Fsp3) is 0.156. The molecule has 0 aromatic heterocycles. The Morgan fingerprint density at radius 3 is 0.490 bits per heavy atom. The van der Waals surface area contributed by atoms with Crippen molar-refractivity contribution in [3.63, 3.8) is 0 Å². The van der Waals surface area contributed by atoms with Crippen molar-refractivity contribution in [1.82, 2.24) is 19.6 Å². The Bertz CT molecular complexity index is 3740. The standard InChI is InChI=1S/C90H84N8/c1-9-27-75(28-10-1)87(76-29-11-2-12-30-76)91-83-51-43-71(44-52-83)67-95-59-25-60-97(69-73-47-55-85(56-48-73)93-89(79-35-17-5-18-36-79)80-37-19-6-20-38-80)65-66-98(70-74-49-57-86(58-50-74)94-90(81-39-21-7-22-40-81)82-41-23-8-24-42-82)62-26-61-96(64-63-95)68-72-45-53-84(54-46-72)92-88(77-31-13-3-14-32-77)78-33-15-4-16-34-78/h1-24,27-58H,25-26,59-70H2. The number of hydrogen-bond donors (Lipinski definition) is 0. The lowest BCUT2D eigenvalue weighted by Crippen LogP contribution is -2.40. The number of rotatable bonds is 20. The van der Waals surface area contributed by atoms with Gasteiger partial charge in [0.1, 0.15) is 0 Å². The zero-order chi connectivity index (χ0) is 66.2. The third-order valence-corrected chi connectivity index (χ3v) is 18.1. The van der Waals surface area contributed by atoms with Gasteiger partial charge in [0, 0.05) is 96.9 Å². The Morgan fingerprint density at radius 1 is 0.184 bits per heavy atom. The van der Waals surface area contributed by atoms with E-state index < -0.39 is 0 Å². The molecule has 0 unspecified atom stereocenters. The zero-order valence-electron chi connectivity index (χ0n) is 55.8. The molecule has 0 spiro atoms. The van der Waals surface area contributed by atoms with Gasteiger partial charge in [-0.25, -0.2) is 20.0 Å². The molecular formula is C90H84N8. The first-order valence-electron chi connectivity index (χ1n) is 34.6. The van der Waals surface area contributed by atoms with E-state index in [1.807, 2.05) is 0 Å². The molecular weight excluding hydrogens is 1190 g/mol. The number of benzene rings is 12. The van der Waals surface area contributed by atoms with Crippen LogP contribution in [-0.2, 0) is 26.2 Å². The third kappa shape index (κ3) is 18.8. The Kier molecular flexibility index (Phi) is 23.0. The van der Waals surface area contributed by atoms with Crippen LogP contribution < -0.4 is 0 Å². The predicted octanol–water partition coefficient (Wildman–Crippen LogP) is 19.5. The Labute approximate surface area is 579 Å². The van der Waals surface area contributed by atoms with Crippen LogP contribution in [0.3, 0.4) is 0 Å². The summed E-state index contributed by atoms with van der Waals surface area (Å²) in [5, 5.41) is 0. The van der Waals surface area contributed by atoms with E-state index in [0.29, 0.717) is 0 Å². The van der Waals surface area contributed by atoms with E-state index >= 15 is 0 Å². The van der Waals surface area contributed by atoms with Crippen molar-refractivity contribution < 1.29 is 0 Å². The van der Waals surface area contributed by atoms with Crippen LogP contribution in [0.4, 0.5) is 22.7 Å². The van der Waals surface area contributed by atoms with Crippen molar-refractivity contribution >= 4 is 45.6 Å². The van der Waals surface area contributed by atoms with E-state index in [9.17, 15) is 0 Å². The first-order chi connectivity index (χ1) is 48.5. The second kappa shape index (κ2) is 34.2. The highest BCUT2D eigenvalue weighted by molar-refractivity contribution is 6.16. The van der Waals surface area contributed by atoms with Gasteiger partial charge < -0.3 is 0 Å². The summed E-state index contributed by atoms with van der Waals surface area (Å²) in [5.74, 6) is 0. The average Bonchev–Trinajstić information content (AvgIpc) is 0.950. The van der Waals surface area contributed by atoms with Gasteiger partial charge in [0.05, 0.1) is 45.6 Å². The second-order valence-electron chi connectivity index (χ2n) is 25.2. The lowest BCUT2D eigenvalue weighted by Gasteiger charge is -2.32. The van der Waals surface area contributed by atoms with Gasteiger partial charge in [-0.05, 0) is 110 Å². The molecule has 0 bridgehead atoms. The van der Waals surface area contributed by atoms with Gasteiger partial charge in [-0.1, -0.05) is 291 Å². The van der Waals surface area contributed by atoms with Crippen molar-refractivity contribution in [2.75, 3.05) is 52.4 Å². The van der Waals surface area contributed by atoms with Crippen LogP contribution in [0, 0.1) is 0 Å². The lowest BCUT2D eigenvalue weighted by molar-refractivity contribution is 0.148. The molecule has 98 heavy (non-hydrogen) atoms. The molecule has 1 saturated heterocycles. The molecule has 12 aromatic rings. The summed E-state index contributed by atoms with van der Waals surface area (Å²) < 4.78 is 0. The van der Waals surface area contributed by atoms with Gasteiger partial charge in [-0.2, -0.15) is 0 Å². The lowest BCUT2D eigenvalue weighted by atomic mass is 10.0. The van der Waals surface area contributed by atoms with Crippen LogP contribution in [0.5, 0.6) is 0 Å². The molecule has 8 heteroatoms. The molecule has 1 fully saturated rings. The minimum absolute atomic E-state index is 0.841. The number of aliphatic imine (C=N–C) groups is 4. The molecule has 0 radical (unpaired) electrons. The molecule has 13 rings (SSSR count). The van der Waals surface area contributed by atoms with Crippen molar-refractivity contribution in [2.24, 2.45) is 20.0 Å². The Balaban J connectivity index is 0.783.